The minimum Gasteiger partial charge on any atom is -0.298 e. The Kier molecular flexibility index (Phi) is 3.12. The quantitative estimate of drug-likeness (QED) is 0.741. The van der Waals surface area contributed by atoms with Crippen molar-refractivity contribution in [3.05, 3.63) is 0 Å². The number of nitrogens with zero attached hydrogens (tertiary/aromatic N) is 2. The third-order valence-corrected chi connectivity index (χ3v) is 6.36. The predicted molar refractivity (Wildman–Crippen MR) is 74.6 cm³/mol. The Morgan fingerprint density at radius 3 is 2.00 bits per heavy atom. The van der Waals surface area contributed by atoms with Gasteiger partial charge in [-0.25, -0.2) is 0 Å². The second-order valence-corrected chi connectivity index (χ2v) is 7.25. The first-order chi connectivity index (χ1) is 8.90. The smallest absolute Gasteiger partial charge is 0.0127 e. The second-order valence-electron chi connectivity index (χ2n) is 7.25. The molecular formula is C16H28N2. The molecule has 0 aromatic rings. The van der Waals surface area contributed by atoms with Crippen molar-refractivity contribution in [3.8, 4) is 0 Å². The van der Waals surface area contributed by atoms with Gasteiger partial charge in [0.25, 0.3) is 0 Å². The summed E-state index contributed by atoms with van der Waals surface area (Å²) in [5.41, 5.74) is 0. The van der Waals surface area contributed by atoms with Gasteiger partial charge < -0.3 is 0 Å². The van der Waals surface area contributed by atoms with Gasteiger partial charge in [0.15, 0.2) is 0 Å². The molecule has 2 bridgehead atoms. The van der Waals surface area contributed by atoms with Gasteiger partial charge in [-0.05, 0) is 43.9 Å². The molecule has 4 rings (SSSR count). The first kappa shape index (κ1) is 11.7. The predicted octanol–water partition coefficient (Wildman–Crippen LogP) is 2.74. The van der Waals surface area contributed by atoms with Crippen LogP contribution in [0.4, 0.5) is 0 Å². The molecule has 0 radical (unpaired) electrons. The van der Waals surface area contributed by atoms with Crippen LogP contribution in [-0.2, 0) is 0 Å². The summed E-state index contributed by atoms with van der Waals surface area (Å²) in [6, 6.07) is 1.93. The van der Waals surface area contributed by atoms with Gasteiger partial charge in [-0.2, -0.15) is 0 Å². The van der Waals surface area contributed by atoms with Gasteiger partial charge in [0.2, 0.25) is 0 Å². The first-order valence-electron chi connectivity index (χ1n) is 8.38. The van der Waals surface area contributed by atoms with Crippen molar-refractivity contribution in [2.45, 2.75) is 63.5 Å². The van der Waals surface area contributed by atoms with E-state index in [-0.39, 0.29) is 0 Å². The highest BCUT2D eigenvalue weighted by molar-refractivity contribution is 4.97. The number of fused-ring (bicyclic) bond motifs is 2. The molecule has 2 heteroatoms. The molecule has 1 aliphatic heterocycles. The average Bonchev–Trinajstić information content (AvgIpc) is 3.16. The third kappa shape index (κ3) is 2.02. The van der Waals surface area contributed by atoms with Crippen LogP contribution in [0.5, 0.6) is 0 Å². The van der Waals surface area contributed by atoms with Crippen molar-refractivity contribution in [2.75, 3.05) is 26.2 Å². The lowest BCUT2D eigenvalue weighted by molar-refractivity contribution is 0.0517. The zero-order valence-corrected chi connectivity index (χ0v) is 11.7. The molecule has 4 fully saturated rings. The lowest BCUT2D eigenvalue weighted by Crippen LogP contribution is -2.53. The minimum atomic E-state index is 0.951. The Balaban J connectivity index is 1.32. The van der Waals surface area contributed by atoms with Crippen molar-refractivity contribution in [1.82, 2.24) is 9.80 Å². The topological polar surface area (TPSA) is 6.48 Å². The van der Waals surface area contributed by atoms with Crippen LogP contribution in [0.2, 0.25) is 0 Å². The van der Waals surface area contributed by atoms with E-state index >= 15 is 0 Å². The summed E-state index contributed by atoms with van der Waals surface area (Å²) >= 11 is 0. The van der Waals surface area contributed by atoms with Crippen LogP contribution in [0.15, 0.2) is 0 Å². The van der Waals surface area contributed by atoms with E-state index in [0.29, 0.717) is 0 Å². The van der Waals surface area contributed by atoms with Crippen molar-refractivity contribution < 1.29 is 0 Å². The van der Waals surface area contributed by atoms with E-state index in [1.165, 1.54) is 64.7 Å². The number of hydrogen-bond donors (Lipinski definition) is 0. The lowest BCUT2D eigenvalue weighted by atomic mass is 9.93. The largest absolute Gasteiger partial charge is 0.298 e. The van der Waals surface area contributed by atoms with Crippen LogP contribution in [0.3, 0.4) is 0 Å². The van der Waals surface area contributed by atoms with Gasteiger partial charge >= 0.3 is 0 Å². The van der Waals surface area contributed by atoms with Gasteiger partial charge in [0, 0.05) is 38.3 Å². The summed E-state index contributed by atoms with van der Waals surface area (Å²) in [4.78, 5) is 5.66. The van der Waals surface area contributed by atoms with Crippen LogP contribution in [0.25, 0.3) is 0 Å². The first-order valence-corrected chi connectivity index (χ1v) is 8.38. The third-order valence-electron chi connectivity index (χ3n) is 6.36. The van der Waals surface area contributed by atoms with Crippen molar-refractivity contribution in [3.63, 3.8) is 0 Å². The summed E-state index contributed by atoms with van der Waals surface area (Å²) < 4.78 is 0. The number of hydrogen-bond acceptors (Lipinski definition) is 2. The van der Waals surface area contributed by atoms with E-state index in [2.05, 4.69) is 9.80 Å². The summed E-state index contributed by atoms with van der Waals surface area (Å²) in [6.07, 6.45) is 12.1. The SMILES string of the molecule is C1CCC(N2CCN([C@@H]3C[C@@H]4CC[C@@H]3C4)CC2)C1. The Morgan fingerprint density at radius 2 is 1.39 bits per heavy atom. The normalized spacial score (nSPS) is 43.0. The molecule has 3 saturated carbocycles. The fraction of sp³-hybridized carbons (Fsp3) is 1.00. The van der Waals surface area contributed by atoms with Crippen LogP contribution in [0.1, 0.15) is 51.4 Å². The fourth-order valence-corrected chi connectivity index (χ4v) is 5.36. The molecular weight excluding hydrogens is 220 g/mol. The Bertz CT molecular complexity index is 289. The zero-order valence-electron chi connectivity index (χ0n) is 11.7. The molecule has 2 nitrogen and oxygen atoms in total. The van der Waals surface area contributed by atoms with Crippen molar-refractivity contribution >= 4 is 0 Å². The highest BCUT2D eigenvalue weighted by atomic mass is 15.3. The van der Waals surface area contributed by atoms with E-state index in [9.17, 15) is 0 Å². The summed E-state index contributed by atoms with van der Waals surface area (Å²) in [6.45, 7) is 5.45. The molecule has 0 amide bonds. The molecule has 102 valence electrons. The maximum atomic E-state index is 2.86. The van der Waals surface area contributed by atoms with Gasteiger partial charge in [-0.1, -0.05) is 19.3 Å². The van der Waals surface area contributed by atoms with E-state index in [0.717, 1.165) is 23.9 Å². The van der Waals surface area contributed by atoms with Crippen LogP contribution >= 0.6 is 0 Å². The molecule has 0 aromatic carbocycles. The van der Waals surface area contributed by atoms with Crippen molar-refractivity contribution in [2.24, 2.45) is 11.8 Å². The van der Waals surface area contributed by atoms with E-state index < -0.39 is 0 Å². The zero-order chi connectivity index (χ0) is 11.9. The molecule has 0 unspecified atom stereocenters. The maximum absolute atomic E-state index is 2.86. The Morgan fingerprint density at radius 1 is 0.667 bits per heavy atom. The van der Waals surface area contributed by atoms with Gasteiger partial charge in [0.1, 0.15) is 0 Å². The molecule has 0 spiro atoms. The molecule has 1 heterocycles. The molecule has 3 aliphatic carbocycles. The second kappa shape index (κ2) is 4.79. The fourth-order valence-electron chi connectivity index (χ4n) is 5.36. The molecule has 18 heavy (non-hydrogen) atoms. The van der Waals surface area contributed by atoms with E-state index in [4.69, 9.17) is 0 Å². The molecule has 3 atom stereocenters. The summed E-state index contributed by atoms with van der Waals surface area (Å²) in [5.74, 6) is 2.18. The Labute approximate surface area is 112 Å². The van der Waals surface area contributed by atoms with Gasteiger partial charge in [0.05, 0.1) is 0 Å². The van der Waals surface area contributed by atoms with Gasteiger partial charge in [-0.3, -0.25) is 9.80 Å². The van der Waals surface area contributed by atoms with E-state index in [1.807, 2.05) is 0 Å². The molecule has 4 aliphatic rings. The van der Waals surface area contributed by atoms with Crippen LogP contribution in [-0.4, -0.2) is 48.1 Å². The molecule has 1 saturated heterocycles. The average molecular weight is 248 g/mol. The Hall–Kier alpha value is -0.0800. The maximum Gasteiger partial charge on any atom is 0.0127 e. The van der Waals surface area contributed by atoms with Crippen molar-refractivity contribution in [1.29, 1.82) is 0 Å². The highest BCUT2D eigenvalue weighted by Crippen LogP contribution is 2.46. The lowest BCUT2D eigenvalue weighted by Gasteiger charge is -2.43. The monoisotopic (exact) mass is 248 g/mol. The molecule has 0 N–H and O–H groups in total. The minimum absolute atomic E-state index is 0.951. The summed E-state index contributed by atoms with van der Waals surface area (Å²) in [5, 5.41) is 0. The molecule has 0 aromatic heterocycles. The van der Waals surface area contributed by atoms with Crippen LogP contribution in [0, 0.1) is 11.8 Å². The number of rotatable bonds is 2. The summed E-state index contributed by atoms with van der Waals surface area (Å²) in [7, 11) is 0. The van der Waals surface area contributed by atoms with E-state index in [1.54, 1.807) is 12.8 Å². The highest BCUT2D eigenvalue weighted by Gasteiger charge is 2.43. The number of piperazine rings is 1. The van der Waals surface area contributed by atoms with Gasteiger partial charge in [-0.15, -0.1) is 0 Å². The van der Waals surface area contributed by atoms with Crippen LogP contribution < -0.4 is 0 Å². The standard InChI is InChI=1S/C16H28N2/c1-2-4-15(3-1)17-7-9-18(10-8-17)16-12-13-5-6-14(16)11-13/h13-16H,1-12H2/t13-,14-,16-/m1/s1.